The summed E-state index contributed by atoms with van der Waals surface area (Å²) in [5, 5.41) is 16.2. The first-order valence-electron chi connectivity index (χ1n) is 11.5. The predicted molar refractivity (Wildman–Crippen MR) is 124 cm³/mol. The molecule has 0 saturated carbocycles. The van der Waals surface area contributed by atoms with Crippen LogP contribution in [-0.4, -0.2) is 36.8 Å². The minimum absolute atomic E-state index is 0.0269. The molecule has 0 atom stereocenters. The molecule has 1 aromatic carbocycles. The molecule has 0 aliphatic carbocycles. The number of rotatable bonds is 17. The third-order valence-corrected chi connectivity index (χ3v) is 5.08. The zero-order valence-corrected chi connectivity index (χ0v) is 19.1. The second-order valence-electron chi connectivity index (χ2n) is 7.78. The number of unbranched alkanes of at least 4 members (excludes halogenated alkanes) is 10. The molecule has 0 radical (unpaired) electrons. The van der Waals surface area contributed by atoms with Crippen LogP contribution in [0.1, 0.15) is 89.5 Å². The number of methoxy groups -OCH3 is 1. The van der Waals surface area contributed by atoms with Crippen LogP contribution in [0.15, 0.2) is 23.3 Å². The number of carbonyl (C=O) groups excluding carboxylic acids is 2. The Morgan fingerprint density at radius 2 is 1.58 bits per heavy atom. The topological polar surface area (TPSA) is 100 Å². The summed E-state index contributed by atoms with van der Waals surface area (Å²) < 4.78 is 5.08. The summed E-state index contributed by atoms with van der Waals surface area (Å²) in [5.41, 5.74) is 2.74. The van der Waals surface area contributed by atoms with Gasteiger partial charge < -0.3 is 15.2 Å². The number of nitrogens with one attached hydrogen (secondary N) is 2. The third-order valence-electron chi connectivity index (χ3n) is 5.08. The summed E-state index contributed by atoms with van der Waals surface area (Å²) in [7, 11) is 1.52. The summed E-state index contributed by atoms with van der Waals surface area (Å²) in [5.74, 6) is 0.0470. The number of nitrogens with zero attached hydrogens (tertiary/aromatic N) is 1. The third kappa shape index (κ3) is 13.4. The van der Waals surface area contributed by atoms with Crippen LogP contribution in [0.3, 0.4) is 0 Å². The van der Waals surface area contributed by atoms with Gasteiger partial charge in [-0.25, -0.2) is 5.43 Å². The van der Waals surface area contributed by atoms with E-state index in [-0.39, 0.29) is 18.2 Å². The van der Waals surface area contributed by atoms with Crippen molar-refractivity contribution >= 4 is 18.0 Å². The van der Waals surface area contributed by atoms with Crippen LogP contribution >= 0.6 is 0 Å². The fraction of sp³-hybridized carbons (Fsp3) is 0.625. The number of ether oxygens (including phenoxy) is 1. The number of carbonyl (C=O) groups is 2. The summed E-state index contributed by atoms with van der Waals surface area (Å²) in [6, 6.07) is 4.70. The molecule has 31 heavy (non-hydrogen) atoms. The fourth-order valence-electron chi connectivity index (χ4n) is 3.19. The van der Waals surface area contributed by atoms with Gasteiger partial charge in [0, 0.05) is 12.0 Å². The Morgan fingerprint density at radius 3 is 2.19 bits per heavy atom. The summed E-state index contributed by atoms with van der Waals surface area (Å²) >= 11 is 0. The molecule has 0 unspecified atom stereocenters. The molecular formula is C24H39N3O4. The highest BCUT2D eigenvalue weighted by Gasteiger charge is 2.05. The fourth-order valence-corrected chi connectivity index (χ4v) is 3.19. The van der Waals surface area contributed by atoms with Crippen LogP contribution in [0.2, 0.25) is 0 Å². The maximum atomic E-state index is 11.8. The van der Waals surface area contributed by atoms with Gasteiger partial charge in [-0.05, 0) is 24.6 Å². The molecule has 0 spiro atoms. The van der Waals surface area contributed by atoms with Gasteiger partial charge in [0.1, 0.15) is 11.5 Å². The Bertz CT molecular complexity index is 677. The molecule has 0 bridgehead atoms. The van der Waals surface area contributed by atoms with E-state index in [0.29, 0.717) is 17.7 Å². The van der Waals surface area contributed by atoms with Crippen LogP contribution in [-0.2, 0) is 9.59 Å². The molecule has 3 N–H and O–H groups in total. The van der Waals surface area contributed by atoms with E-state index in [1.54, 1.807) is 12.1 Å². The van der Waals surface area contributed by atoms with Crippen LogP contribution in [0, 0.1) is 0 Å². The normalized spacial score (nSPS) is 10.9. The van der Waals surface area contributed by atoms with Crippen LogP contribution in [0.4, 0.5) is 0 Å². The van der Waals surface area contributed by atoms with E-state index >= 15 is 0 Å². The first kappa shape index (κ1) is 26.5. The quantitative estimate of drug-likeness (QED) is 0.189. The molecule has 0 aliphatic rings. The number of phenolic OH excluding ortho intramolecular Hbond substituents is 1. The lowest BCUT2D eigenvalue weighted by atomic mass is 10.1. The molecule has 7 nitrogen and oxygen atoms in total. The maximum Gasteiger partial charge on any atom is 0.259 e. The molecule has 1 rings (SSSR count). The Hall–Kier alpha value is -2.57. The number of amides is 2. The van der Waals surface area contributed by atoms with E-state index in [0.717, 1.165) is 19.3 Å². The number of benzene rings is 1. The molecule has 0 saturated heterocycles. The molecule has 2 amide bonds. The molecule has 1 aromatic rings. The Morgan fingerprint density at radius 1 is 0.968 bits per heavy atom. The van der Waals surface area contributed by atoms with E-state index in [1.165, 1.54) is 70.8 Å². The highest BCUT2D eigenvalue weighted by molar-refractivity contribution is 5.87. The maximum absolute atomic E-state index is 11.8. The molecule has 0 aromatic heterocycles. The SMILES string of the molecule is CCCCCCCCCCCCCC(=O)NCC(=O)N/N=C\c1cc(OC)ccc1O. The smallest absolute Gasteiger partial charge is 0.259 e. The molecular weight excluding hydrogens is 394 g/mol. The van der Waals surface area contributed by atoms with Gasteiger partial charge in [0.25, 0.3) is 5.91 Å². The Balaban J connectivity index is 2.05. The average molecular weight is 434 g/mol. The van der Waals surface area contributed by atoms with Gasteiger partial charge in [0.2, 0.25) is 5.91 Å². The predicted octanol–water partition coefficient (Wildman–Crippen LogP) is 4.67. The van der Waals surface area contributed by atoms with Crippen LogP contribution in [0.5, 0.6) is 11.5 Å². The van der Waals surface area contributed by atoms with Gasteiger partial charge in [0.05, 0.1) is 19.9 Å². The van der Waals surface area contributed by atoms with Crippen molar-refractivity contribution in [2.45, 2.75) is 84.0 Å². The zero-order chi connectivity index (χ0) is 22.7. The highest BCUT2D eigenvalue weighted by atomic mass is 16.5. The van der Waals surface area contributed by atoms with Gasteiger partial charge in [-0.3, -0.25) is 9.59 Å². The second kappa shape index (κ2) is 17.1. The Labute approximate surface area is 186 Å². The van der Waals surface area contributed by atoms with E-state index in [1.807, 2.05) is 0 Å². The number of aromatic hydroxyl groups is 1. The lowest BCUT2D eigenvalue weighted by molar-refractivity contribution is -0.126. The van der Waals surface area contributed by atoms with Crippen molar-refractivity contribution in [3.8, 4) is 11.5 Å². The average Bonchev–Trinajstić information content (AvgIpc) is 2.77. The van der Waals surface area contributed by atoms with Crippen molar-refractivity contribution in [1.82, 2.24) is 10.7 Å². The van der Waals surface area contributed by atoms with E-state index in [2.05, 4.69) is 22.8 Å². The molecule has 7 heteroatoms. The summed E-state index contributed by atoms with van der Waals surface area (Å²) in [6.45, 7) is 2.11. The largest absolute Gasteiger partial charge is 0.507 e. The van der Waals surface area contributed by atoms with Crippen molar-refractivity contribution in [3.63, 3.8) is 0 Å². The van der Waals surface area contributed by atoms with Gasteiger partial charge in [0.15, 0.2) is 0 Å². The first-order chi connectivity index (χ1) is 15.1. The summed E-state index contributed by atoms with van der Waals surface area (Å²) in [6.07, 6.45) is 15.4. The number of hydrazone groups is 1. The molecule has 174 valence electrons. The molecule has 0 aliphatic heterocycles. The lowest BCUT2D eigenvalue weighted by Crippen LogP contribution is -2.34. The van der Waals surface area contributed by atoms with Crippen molar-refractivity contribution in [2.24, 2.45) is 5.10 Å². The van der Waals surface area contributed by atoms with E-state index in [4.69, 9.17) is 4.74 Å². The van der Waals surface area contributed by atoms with Crippen molar-refractivity contribution in [3.05, 3.63) is 23.8 Å². The van der Waals surface area contributed by atoms with Crippen molar-refractivity contribution < 1.29 is 19.4 Å². The molecule has 0 fully saturated rings. The van der Waals surface area contributed by atoms with Crippen molar-refractivity contribution in [1.29, 1.82) is 0 Å². The van der Waals surface area contributed by atoms with E-state index < -0.39 is 5.91 Å². The molecule has 0 heterocycles. The lowest BCUT2D eigenvalue weighted by Gasteiger charge is -2.05. The van der Waals surface area contributed by atoms with Crippen LogP contribution < -0.4 is 15.5 Å². The number of phenols is 1. The minimum Gasteiger partial charge on any atom is -0.507 e. The van der Waals surface area contributed by atoms with Crippen LogP contribution in [0.25, 0.3) is 0 Å². The van der Waals surface area contributed by atoms with Gasteiger partial charge in [-0.1, -0.05) is 71.1 Å². The Kier molecular flexibility index (Phi) is 14.6. The minimum atomic E-state index is -0.425. The standard InChI is InChI=1S/C24H39N3O4/c1-3-4-5-6-7-8-9-10-11-12-13-14-23(29)25-19-24(30)27-26-18-20-17-21(31-2)15-16-22(20)28/h15-18,28H,3-14,19H2,1-2H3,(H,25,29)(H,27,30)/b26-18-. The monoisotopic (exact) mass is 433 g/mol. The van der Waals surface area contributed by atoms with Gasteiger partial charge in [-0.2, -0.15) is 5.10 Å². The first-order valence-corrected chi connectivity index (χ1v) is 11.5. The highest BCUT2D eigenvalue weighted by Crippen LogP contribution is 2.20. The van der Waals surface area contributed by atoms with E-state index in [9.17, 15) is 14.7 Å². The number of hydrogen-bond acceptors (Lipinski definition) is 5. The second-order valence-corrected chi connectivity index (χ2v) is 7.78. The van der Waals surface area contributed by atoms with Gasteiger partial charge >= 0.3 is 0 Å². The van der Waals surface area contributed by atoms with Gasteiger partial charge in [-0.15, -0.1) is 0 Å². The van der Waals surface area contributed by atoms with Crippen molar-refractivity contribution in [2.75, 3.05) is 13.7 Å². The summed E-state index contributed by atoms with van der Waals surface area (Å²) in [4.78, 5) is 23.6. The zero-order valence-electron chi connectivity index (χ0n) is 19.1. The number of hydrogen-bond donors (Lipinski definition) is 3.